The maximum atomic E-state index is 12.2. The molecule has 1 unspecified atom stereocenters. The molecule has 0 fully saturated rings. The van der Waals surface area contributed by atoms with Gasteiger partial charge < -0.3 is 14.2 Å². The van der Waals surface area contributed by atoms with E-state index in [9.17, 15) is 4.79 Å². The van der Waals surface area contributed by atoms with E-state index in [1.807, 2.05) is 30.3 Å². The second kappa shape index (κ2) is 8.69. The number of methoxy groups -OCH3 is 3. The molecule has 0 radical (unpaired) electrons. The normalized spacial score (nSPS) is 12.0. The fraction of sp³-hybridized carbons (Fsp3) is 0.222. The fourth-order valence-electron chi connectivity index (χ4n) is 2.16. The van der Waals surface area contributed by atoms with E-state index in [2.05, 4.69) is 10.5 Å². The molecule has 0 saturated heterocycles. The van der Waals surface area contributed by atoms with Gasteiger partial charge in [-0.15, -0.1) is 0 Å². The zero-order chi connectivity index (χ0) is 17.4. The van der Waals surface area contributed by atoms with Crippen LogP contribution in [0.4, 0.5) is 0 Å². The molecule has 0 spiro atoms. The molecule has 6 heteroatoms. The first-order valence-corrected chi connectivity index (χ1v) is 7.31. The molecule has 126 valence electrons. The van der Waals surface area contributed by atoms with Crippen LogP contribution >= 0.6 is 0 Å². The summed E-state index contributed by atoms with van der Waals surface area (Å²) in [6, 6.07) is 14.5. The fourth-order valence-corrected chi connectivity index (χ4v) is 2.16. The van der Waals surface area contributed by atoms with Gasteiger partial charge in [-0.2, -0.15) is 5.10 Å². The highest BCUT2D eigenvalue weighted by molar-refractivity contribution is 5.85. The molecule has 2 aromatic rings. The van der Waals surface area contributed by atoms with Gasteiger partial charge in [0.25, 0.3) is 5.91 Å². The van der Waals surface area contributed by atoms with Gasteiger partial charge in [-0.1, -0.05) is 30.3 Å². The molecule has 0 aliphatic heterocycles. The monoisotopic (exact) mass is 328 g/mol. The van der Waals surface area contributed by atoms with Crippen LogP contribution in [0, 0.1) is 0 Å². The van der Waals surface area contributed by atoms with Crippen molar-refractivity contribution < 1.29 is 19.0 Å². The lowest BCUT2D eigenvalue weighted by Crippen LogP contribution is -2.26. The first kappa shape index (κ1) is 17.5. The van der Waals surface area contributed by atoms with Crippen molar-refractivity contribution in [3.05, 3.63) is 59.7 Å². The number of benzene rings is 2. The van der Waals surface area contributed by atoms with E-state index >= 15 is 0 Å². The third-order valence-corrected chi connectivity index (χ3v) is 3.34. The topological polar surface area (TPSA) is 69.2 Å². The van der Waals surface area contributed by atoms with Crippen molar-refractivity contribution in [1.29, 1.82) is 0 Å². The zero-order valence-electron chi connectivity index (χ0n) is 13.9. The predicted molar refractivity (Wildman–Crippen MR) is 91.5 cm³/mol. The molecule has 2 aromatic carbocycles. The molecule has 1 amide bonds. The average molecular weight is 328 g/mol. The number of hydrazone groups is 1. The maximum absolute atomic E-state index is 12.2. The third kappa shape index (κ3) is 4.57. The number of carbonyl (C=O) groups excluding carboxylic acids is 1. The number of hydrogen-bond acceptors (Lipinski definition) is 5. The Bertz CT molecular complexity index is 679. The van der Waals surface area contributed by atoms with Crippen molar-refractivity contribution >= 4 is 12.1 Å². The van der Waals surface area contributed by atoms with E-state index in [0.717, 1.165) is 11.1 Å². The number of amides is 1. The smallest absolute Gasteiger partial charge is 0.273 e. The summed E-state index contributed by atoms with van der Waals surface area (Å²) in [5.74, 6) is 0.928. The zero-order valence-corrected chi connectivity index (χ0v) is 13.9. The lowest BCUT2D eigenvalue weighted by atomic mass is 10.1. The van der Waals surface area contributed by atoms with Crippen molar-refractivity contribution in [1.82, 2.24) is 5.43 Å². The van der Waals surface area contributed by atoms with E-state index < -0.39 is 6.10 Å². The van der Waals surface area contributed by atoms with E-state index in [4.69, 9.17) is 14.2 Å². The Morgan fingerprint density at radius 1 is 1.04 bits per heavy atom. The Labute approximate surface area is 141 Å². The van der Waals surface area contributed by atoms with Gasteiger partial charge >= 0.3 is 0 Å². The molecule has 0 heterocycles. The van der Waals surface area contributed by atoms with E-state index in [0.29, 0.717) is 11.5 Å². The maximum Gasteiger partial charge on any atom is 0.273 e. The van der Waals surface area contributed by atoms with Crippen molar-refractivity contribution in [3.8, 4) is 11.5 Å². The quantitative estimate of drug-likeness (QED) is 0.626. The van der Waals surface area contributed by atoms with Gasteiger partial charge in [-0.25, -0.2) is 5.43 Å². The molecule has 0 saturated carbocycles. The van der Waals surface area contributed by atoms with Gasteiger partial charge in [-0.3, -0.25) is 4.79 Å². The van der Waals surface area contributed by atoms with Gasteiger partial charge in [0.1, 0.15) is 11.5 Å². The van der Waals surface area contributed by atoms with Crippen molar-refractivity contribution in [2.24, 2.45) is 5.10 Å². The van der Waals surface area contributed by atoms with Gasteiger partial charge in [0.05, 0.1) is 20.4 Å². The van der Waals surface area contributed by atoms with Crippen LogP contribution in [0.15, 0.2) is 53.6 Å². The van der Waals surface area contributed by atoms with Crippen LogP contribution in [0.3, 0.4) is 0 Å². The first-order valence-electron chi connectivity index (χ1n) is 7.31. The lowest BCUT2D eigenvalue weighted by Gasteiger charge is -2.13. The summed E-state index contributed by atoms with van der Waals surface area (Å²) >= 11 is 0. The molecule has 0 aliphatic carbocycles. The van der Waals surface area contributed by atoms with Gasteiger partial charge in [0.2, 0.25) is 0 Å². The van der Waals surface area contributed by atoms with Crippen molar-refractivity contribution in [2.45, 2.75) is 6.10 Å². The minimum absolute atomic E-state index is 0.352. The highest BCUT2D eigenvalue weighted by Crippen LogP contribution is 2.21. The van der Waals surface area contributed by atoms with Gasteiger partial charge in [-0.05, 0) is 17.7 Å². The van der Waals surface area contributed by atoms with Crippen LogP contribution in [0.5, 0.6) is 11.5 Å². The molecule has 0 bridgehead atoms. The Hall–Kier alpha value is -2.86. The molecule has 2 rings (SSSR count). The Morgan fingerprint density at radius 2 is 1.67 bits per heavy atom. The highest BCUT2D eigenvalue weighted by Gasteiger charge is 2.19. The van der Waals surface area contributed by atoms with E-state index in [1.54, 1.807) is 32.4 Å². The molecular formula is C18H20N2O4. The molecule has 6 nitrogen and oxygen atoms in total. The first-order chi connectivity index (χ1) is 11.7. The standard InChI is InChI=1S/C18H20N2O4/c1-22-15-9-13(10-16(11-15)23-2)12-19-20-18(21)17(24-3)14-7-5-4-6-8-14/h4-12,17H,1-3H3,(H,20,21). The summed E-state index contributed by atoms with van der Waals surface area (Å²) in [5.41, 5.74) is 3.98. The van der Waals surface area contributed by atoms with Crippen LogP contribution in [-0.2, 0) is 9.53 Å². The van der Waals surface area contributed by atoms with Crippen LogP contribution < -0.4 is 14.9 Å². The SMILES string of the molecule is COc1cc(C=NNC(=O)C(OC)c2ccccc2)cc(OC)c1. The Morgan fingerprint density at radius 3 is 2.21 bits per heavy atom. The molecule has 0 aromatic heterocycles. The van der Waals surface area contributed by atoms with Crippen molar-refractivity contribution in [2.75, 3.05) is 21.3 Å². The predicted octanol–water partition coefficient (Wildman–Crippen LogP) is 2.54. The second-order valence-corrected chi connectivity index (χ2v) is 4.91. The van der Waals surface area contributed by atoms with Gasteiger partial charge in [0.15, 0.2) is 6.10 Å². The summed E-state index contributed by atoms with van der Waals surface area (Å²) in [4.78, 5) is 12.2. The van der Waals surface area contributed by atoms with Gasteiger partial charge in [0, 0.05) is 18.7 Å². The Kier molecular flexibility index (Phi) is 6.33. The number of rotatable bonds is 7. The van der Waals surface area contributed by atoms with Crippen LogP contribution in [-0.4, -0.2) is 33.5 Å². The molecular weight excluding hydrogens is 308 g/mol. The molecule has 1 N–H and O–H groups in total. The highest BCUT2D eigenvalue weighted by atomic mass is 16.5. The number of nitrogens with one attached hydrogen (secondary N) is 1. The minimum Gasteiger partial charge on any atom is -0.497 e. The van der Waals surface area contributed by atoms with Crippen LogP contribution in [0.25, 0.3) is 0 Å². The molecule has 0 aliphatic rings. The van der Waals surface area contributed by atoms with Crippen LogP contribution in [0.1, 0.15) is 17.2 Å². The summed E-state index contributed by atoms with van der Waals surface area (Å²) in [7, 11) is 4.62. The Balaban J connectivity index is 2.06. The molecule has 24 heavy (non-hydrogen) atoms. The number of carbonyl (C=O) groups is 1. The lowest BCUT2D eigenvalue weighted by molar-refractivity contribution is -0.131. The minimum atomic E-state index is -0.719. The summed E-state index contributed by atoms with van der Waals surface area (Å²) < 4.78 is 15.6. The number of hydrogen-bond donors (Lipinski definition) is 1. The number of nitrogens with zero attached hydrogens (tertiary/aromatic N) is 1. The summed E-state index contributed by atoms with van der Waals surface area (Å²) in [5, 5.41) is 3.97. The summed E-state index contributed by atoms with van der Waals surface area (Å²) in [6.45, 7) is 0. The third-order valence-electron chi connectivity index (χ3n) is 3.34. The molecule has 1 atom stereocenters. The van der Waals surface area contributed by atoms with Crippen molar-refractivity contribution in [3.63, 3.8) is 0 Å². The van der Waals surface area contributed by atoms with E-state index in [-0.39, 0.29) is 5.91 Å². The summed E-state index contributed by atoms with van der Waals surface area (Å²) in [6.07, 6.45) is 0.795. The van der Waals surface area contributed by atoms with E-state index in [1.165, 1.54) is 13.3 Å². The second-order valence-electron chi connectivity index (χ2n) is 4.91. The average Bonchev–Trinajstić information content (AvgIpc) is 2.63. The largest absolute Gasteiger partial charge is 0.497 e. The van der Waals surface area contributed by atoms with Crippen LogP contribution in [0.2, 0.25) is 0 Å². The number of ether oxygens (including phenoxy) is 3.